The number of alkyl halides is 3. The molecule has 0 fully saturated rings. The smallest absolute Gasteiger partial charge is 0.352 e. The fourth-order valence-corrected chi connectivity index (χ4v) is 5.78. The highest BCUT2D eigenvalue weighted by atomic mass is 35.5. The number of carbonyl (C=O) groups is 2. The van der Waals surface area contributed by atoms with E-state index in [1.807, 2.05) is 19.1 Å². The second-order valence-corrected chi connectivity index (χ2v) is 12.1. The van der Waals surface area contributed by atoms with Crippen LogP contribution in [0.2, 0.25) is 5.02 Å². The van der Waals surface area contributed by atoms with Crippen LogP contribution >= 0.6 is 11.6 Å². The number of nitrogens with zero attached hydrogens (tertiary/aromatic N) is 2. The van der Waals surface area contributed by atoms with E-state index in [0.29, 0.717) is 15.9 Å². The van der Waals surface area contributed by atoms with E-state index in [9.17, 15) is 31.2 Å². The fourth-order valence-electron chi connectivity index (χ4n) is 4.13. The molecule has 0 aromatic heterocycles. The Morgan fingerprint density at radius 3 is 2.20 bits per heavy atom. The second-order valence-electron chi connectivity index (χ2n) is 9.84. The first-order chi connectivity index (χ1) is 19.1. The molecule has 220 valence electrons. The molecule has 2 amide bonds. The molecule has 3 aromatic rings. The first-order valence-corrected chi connectivity index (χ1v) is 14.5. The highest BCUT2D eigenvalue weighted by molar-refractivity contribution is 7.92. The van der Waals surface area contributed by atoms with Gasteiger partial charge in [0.15, 0.2) is 0 Å². The number of halogens is 4. The Balaban J connectivity index is 2.11. The van der Waals surface area contributed by atoms with Crippen LogP contribution in [0.15, 0.2) is 77.7 Å². The summed E-state index contributed by atoms with van der Waals surface area (Å²) < 4.78 is 69.2. The molecule has 0 aliphatic rings. The molecule has 0 saturated heterocycles. The third-order valence-corrected chi connectivity index (χ3v) is 8.30. The zero-order valence-corrected chi connectivity index (χ0v) is 24.5. The van der Waals surface area contributed by atoms with Gasteiger partial charge in [0.05, 0.1) is 21.2 Å². The normalized spacial score (nSPS) is 12.6. The van der Waals surface area contributed by atoms with Crippen molar-refractivity contribution in [2.45, 2.75) is 57.4 Å². The van der Waals surface area contributed by atoms with Gasteiger partial charge in [0.25, 0.3) is 10.0 Å². The van der Waals surface area contributed by atoms with Crippen LogP contribution < -0.4 is 9.62 Å². The van der Waals surface area contributed by atoms with Crippen molar-refractivity contribution in [3.05, 3.63) is 94.5 Å². The highest BCUT2D eigenvalue weighted by Gasteiger charge is 2.37. The molecule has 0 heterocycles. The molecule has 0 spiro atoms. The van der Waals surface area contributed by atoms with Gasteiger partial charge in [-0.05, 0) is 63.6 Å². The molecule has 1 atom stereocenters. The summed E-state index contributed by atoms with van der Waals surface area (Å²) in [5.74, 6) is -1.26. The number of amides is 2. The lowest BCUT2D eigenvalue weighted by Gasteiger charge is -2.32. The summed E-state index contributed by atoms with van der Waals surface area (Å²) in [6.45, 7) is 5.96. The number of benzene rings is 3. The summed E-state index contributed by atoms with van der Waals surface area (Å²) in [7, 11) is -4.53. The molecule has 0 bridgehead atoms. The Hall–Kier alpha value is -3.57. The van der Waals surface area contributed by atoms with Crippen molar-refractivity contribution < 1.29 is 31.2 Å². The maximum absolute atomic E-state index is 13.9. The van der Waals surface area contributed by atoms with E-state index in [-0.39, 0.29) is 17.5 Å². The van der Waals surface area contributed by atoms with E-state index in [1.54, 1.807) is 32.0 Å². The summed E-state index contributed by atoms with van der Waals surface area (Å²) in [4.78, 5) is 27.8. The molecular formula is C29H31ClF3N3O4S. The van der Waals surface area contributed by atoms with Crippen LogP contribution in [0.25, 0.3) is 0 Å². The monoisotopic (exact) mass is 609 g/mol. The van der Waals surface area contributed by atoms with Crippen LogP contribution in [0.5, 0.6) is 0 Å². The Morgan fingerprint density at radius 2 is 1.61 bits per heavy atom. The number of hydrogen-bond donors (Lipinski definition) is 1. The molecule has 0 saturated carbocycles. The number of anilines is 1. The van der Waals surface area contributed by atoms with Crippen LogP contribution in [0.1, 0.15) is 37.5 Å². The Morgan fingerprint density at radius 1 is 0.951 bits per heavy atom. The topological polar surface area (TPSA) is 86.8 Å². The first-order valence-electron chi connectivity index (χ1n) is 12.7. The number of rotatable bonds is 10. The van der Waals surface area contributed by atoms with E-state index < -0.39 is 56.9 Å². The Kier molecular flexibility index (Phi) is 10.1. The van der Waals surface area contributed by atoms with Gasteiger partial charge in [-0.2, -0.15) is 13.2 Å². The number of sulfonamides is 1. The molecule has 0 radical (unpaired) electrons. The average Bonchev–Trinajstić information content (AvgIpc) is 2.89. The van der Waals surface area contributed by atoms with E-state index in [0.717, 1.165) is 17.7 Å². The molecule has 0 unspecified atom stereocenters. The van der Waals surface area contributed by atoms with Gasteiger partial charge in [-0.3, -0.25) is 13.9 Å². The Labute approximate surface area is 243 Å². The summed E-state index contributed by atoms with van der Waals surface area (Å²) in [6, 6.07) is 15.6. The zero-order chi connectivity index (χ0) is 30.5. The predicted molar refractivity (Wildman–Crippen MR) is 152 cm³/mol. The van der Waals surface area contributed by atoms with Crippen LogP contribution in [0.3, 0.4) is 0 Å². The quantitative estimate of drug-likeness (QED) is 0.315. The van der Waals surface area contributed by atoms with Crippen molar-refractivity contribution in [2.75, 3.05) is 10.8 Å². The molecule has 3 rings (SSSR count). The van der Waals surface area contributed by atoms with Gasteiger partial charge in [-0.25, -0.2) is 8.42 Å². The van der Waals surface area contributed by atoms with Gasteiger partial charge in [0.1, 0.15) is 12.6 Å². The maximum atomic E-state index is 13.9. The largest absolute Gasteiger partial charge is 0.417 e. The number of hydrogen-bond acceptors (Lipinski definition) is 4. The van der Waals surface area contributed by atoms with Gasteiger partial charge in [-0.1, -0.05) is 59.6 Å². The SMILES string of the molecule is Cc1cccc(CN(C(=O)CN(c2ccc(Cl)c(C(F)(F)F)c2)S(=O)(=O)c2ccccc2)[C@H](C)C(=O)NC(C)C)c1. The predicted octanol–water partition coefficient (Wildman–Crippen LogP) is 5.80. The van der Waals surface area contributed by atoms with Gasteiger partial charge >= 0.3 is 6.18 Å². The highest BCUT2D eigenvalue weighted by Crippen LogP contribution is 2.38. The van der Waals surface area contributed by atoms with Crippen molar-refractivity contribution >= 4 is 39.1 Å². The number of aryl methyl sites for hydroxylation is 1. The maximum Gasteiger partial charge on any atom is 0.417 e. The molecule has 7 nitrogen and oxygen atoms in total. The second kappa shape index (κ2) is 12.9. The molecule has 0 aliphatic carbocycles. The van der Waals surface area contributed by atoms with Crippen molar-refractivity contribution in [1.82, 2.24) is 10.2 Å². The van der Waals surface area contributed by atoms with E-state index in [1.165, 1.54) is 36.1 Å². The third kappa shape index (κ3) is 8.01. The number of carbonyl (C=O) groups excluding carboxylic acids is 2. The molecule has 41 heavy (non-hydrogen) atoms. The van der Waals surface area contributed by atoms with Gasteiger partial charge in [0, 0.05) is 12.6 Å². The van der Waals surface area contributed by atoms with Crippen molar-refractivity contribution in [1.29, 1.82) is 0 Å². The van der Waals surface area contributed by atoms with E-state index in [2.05, 4.69) is 5.32 Å². The van der Waals surface area contributed by atoms with Gasteiger partial charge in [0.2, 0.25) is 11.8 Å². The lowest BCUT2D eigenvalue weighted by Crippen LogP contribution is -2.52. The first kappa shape index (κ1) is 32.0. The van der Waals surface area contributed by atoms with E-state index >= 15 is 0 Å². The molecule has 3 aromatic carbocycles. The summed E-state index contributed by atoms with van der Waals surface area (Å²) in [6.07, 6.45) is -4.88. The standard InChI is InChI=1S/C29H31ClF3N3O4S/c1-19(2)34-28(38)21(4)35(17-22-10-8-9-20(3)15-22)27(37)18-36(41(39,40)24-11-6-5-7-12-24)23-13-14-26(30)25(16-23)29(31,32)33/h5-16,19,21H,17-18H2,1-4H3,(H,34,38)/t21-/m1/s1. The molecular weight excluding hydrogens is 579 g/mol. The summed E-state index contributed by atoms with van der Waals surface area (Å²) in [5, 5.41) is 2.12. The third-order valence-electron chi connectivity index (χ3n) is 6.19. The van der Waals surface area contributed by atoms with Gasteiger partial charge in [-0.15, -0.1) is 0 Å². The minimum atomic E-state index is -4.88. The van der Waals surface area contributed by atoms with Gasteiger partial charge < -0.3 is 10.2 Å². The average molecular weight is 610 g/mol. The van der Waals surface area contributed by atoms with Crippen molar-refractivity contribution in [3.63, 3.8) is 0 Å². The minimum absolute atomic E-state index is 0.0408. The fraction of sp³-hybridized carbons (Fsp3) is 0.310. The van der Waals surface area contributed by atoms with Crippen molar-refractivity contribution in [3.8, 4) is 0 Å². The molecule has 0 aliphatic heterocycles. The van der Waals surface area contributed by atoms with E-state index in [4.69, 9.17) is 11.6 Å². The van der Waals surface area contributed by atoms with Crippen LogP contribution in [-0.2, 0) is 32.3 Å². The Bertz CT molecular complexity index is 1500. The molecule has 12 heteroatoms. The van der Waals surface area contributed by atoms with Crippen LogP contribution in [-0.4, -0.2) is 43.8 Å². The lowest BCUT2D eigenvalue weighted by molar-refractivity contribution is -0.139. The van der Waals surface area contributed by atoms with Crippen molar-refractivity contribution in [2.24, 2.45) is 0 Å². The lowest BCUT2D eigenvalue weighted by atomic mass is 10.1. The minimum Gasteiger partial charge on any atom is -0.352 e. The number of nitrogens with one attached hydrogen (secondary N) is 1. The molecule has 1 N–H and O–H groups in total. The zero-order valence-electron chi connectivity index (χ0n) is 22.9. The summed E-state index contributed by atoms with van der Waals surface area (Å²) in [5.41, 5.74) is -0.0680. The summed E-state index contributed by atoms with van der Waals surface area (Å²) >= 11 is 5.79. The van der Waals surface area contributed by atoms with Crippen LogP contribution in [0.4, 0.5) is 18.9 Å². The van der Waals surface area contributed by atoms with Crippen LogP contribution in [0, 0.1) is 6.92 Å².